The second-order valence-electron chi connectivity index (χ2n) is 8.40. The Bertz CT molecular complexity index is 417. The Balaban J connectivity index is 3.41. The van der Waals surface area contributed by atoms with Crippen molar-refractivity contribution in [3.8, 4) is 0 Å². The zero-order valence-electron chi connectivity index (χ0n) is 19.2. The molecular formula is C24H45BrO3S. The first-order valence-electron chi connectivity index (χ1n) is 11.8. The molecule has 0 N–H and O–H groups in total. The van der Waals surface area contributed by atoms with Crippen molar-refractivity contribution in [1.29, 1.82) is 0 Å². The number of halogens is 1. The predicted octanol–water partition coefficient (Wildman–Crippen LogP) is 8.08. The van der Waals surface area contributed by atoms with Crippen LogP contribution in [0.5, 0.6) is 0 Å². The Morgan fingerprint density at radius 3 is 1.48 bits per heavy atom. The van der Waals surface area contributed by atoms with Gasteiger partial charge >= 0.3 is 5.97 Å². The van der Waals surface area contributed by atoms with Crippen LogP contribution in [0.15, 0.2) is 0 Å². The lowest BCUT2D eigenvalue weighted by atomic mass is 9.96. The molecule has 1 atom stereocenters. The van der Waals surface area contributed by atoms with E-state index >= 15 is 0 Å². The van der Waals surface area contributed by atoms with Crippen molar-refractivity contribution in [2.24, 2.45) is 5.41 Å². The first-order valence-corrected chi connectivity index (χ1v) is 13.9. The van der Waals surface area contributed by atoms with Gasteiger partial charge in [-0.1, -0.05) is 131 Å². The molecule has 3 nitrogen and oxygen atoms in total. The Labute approximate surface area is 193 Å². The molecule has 29 heavy (non-hydrogen) atoms. The van der Waals surface area contributed by atoms with Gasteiger partial charge in [-0.25, -0.2) is 0 Å². The molecule has 0 aliphatic rings. The molecule has 0 fully saturated rings. The van der Waals surface area contributed by atoms with E-state index in [9.17, 15) is 9.59 Å². The largest absolute Gasteiger partial charge is 0.468 e. The van der Waals surface area contributed by atoms with E-state index in [0.29, 0.717) is 5.33 Å². The second-order valence-corrected chi connectivity index (χ2v) is 10.0. The lowest BCUT2D eigenvalue weighted by Gasteiger charge is -2.21. The summed E-state index contributed by atoms with van der Waals surface area (Å²) in [7, 11) is 1.33. The summed E-state index contributed by atoms with van der Waals surface area (Å²) in [6, 6.07) is 0. The summed E-state index contributed by atoms with van der Waals surface area (Å²) in [4.78, 5) is 24.1. The molecule has 0 amide bonds. The number of unbranched alkanes of at least 4 members (excludes halogenated alkanes) is 15. The fraction of sp³-hybridized carbons (Fsp3) is 0.917. The molecule has 0 bridgehead atoms. The van der Waals surface area contributed by atoms with Gasteiger partial charge in [0.05, 0.1) is 7.11 Å². The van der Waals surface area contributed by atoms with Gasteiger partial charge < -0.3 is 4.74 Å². The van der Waals surface area contributed by atoms with Gasteiger partial charge in [-0.05, 0) is 13.3 Å². The third-order valence-corrected chi connectivity index (χ3v) is 7.91. The van der Waals surface area contributed by atoms with Crippen LogP contribution in [0, 0.1) is 5.41 Å². The molecule has 0 aliphatic carbocycles. The molecule has 0 heterocycles. The third-order valence-electron chi connectivity index (χ3n) is 5.58. The van der Waals surface area contributed by atoms with Crippen LogP contribution in [0.1, 0.15) is 117 Å². The number of thioether (sulfide) groups is 1. The standard InChI is InChI=1S/C24H45BrO3S/c1-4-5-6-7-8-9-10-11-12-13-14-15-16-17-18-19-20-29-23(27)24(2,21-25)22(26)28-3/h4-21H2,1-3H3. The smallest absolute Gasteiger partial charge is 0.320 e. The van der Waals surface area contributed by atoms with Gasteiger partial charge in [0, 0.05) is 11.1 Å². The highest BCUT2D eigenvalue weighted by Crippen LogP contribution is 2.29. The highest BCUT2D eigenvalue weighted by molar-refractivity contribution is 9.09. The van der Waals surface area contributed by atoms with Crippen molar-refractivity contribution in [2.75, 3.05) is 18.2 Å². The van der Waals surface area contributed by atoms with Crippen molar-refractivity contribution in [2.45, 2.75) is 117 Å². The number of esters is 1. The predicted molar refractivity (Wildman–Crippen MR) is 131 cm³/mol. The van der Waals surface area contributed by atoms with Crippen molar-refractivity contribution in [1.82, 2.24) is 0 Å². The van der Waals surface area contributed by atoms with Gasteiger partial charge in [0.25, 0.3) is 0 Å². The number of hydrogen-bond acceptors (Lipinski definition) is 4. The zero-order valence-corrected chi connectivity index (χ0v) is 21.6. The maximum absolute atomic E-state index is 12.3. The Morgan fingerprint density at radius 1 is 0.759 bits per heavy atom. The van der Waals surface area contributed by atoms with Gasteiger partial charge in [-0.2, -0.15) is 0 Å². The molecule has 0 aromatic carbocycles. The second kappa shape index (κ2) is 19.9. The minimum absolute atomic E-state index is 0.0952. The third kappa shape index (κ3) is 14.6. The van der Waals surface area contributed by atoms with E-state index in [4.69, 9.17) is 4.74 Å². The van der Waals surface area contributed by atoms with Crippen LogP contribution in [0.4, 0.5) is 0 Å². The van der Waals surface area contributed by atoms with E-state index in [1.807, 2.05) is 0 Å². The number of alkyl halides is 1. The molecule has 0 saturated carbocycles. The fourth-order valence-corrected chi connectivity index (χ4v) is 5.07. The van der Waals surface area contributed by atoms with Gasteiger partial charge in [0.1, 0.15) is 5.41 Å². The highest BCUT2D eigenvalue weighted by Gasteiger charge is 2.41. The minimum Gasteiger partial charge on any atom is -0.468 e. The van der Waals surface area contributed by atoms with Crippen LogP contribution >= 0.6 is 27.7 Å². The van der Waals surface area contributed by atoms with E-state index in [1.165, 1.54) is 115 Å². The minimum atomic E-state index is -1.07. The number of carbonyl (C=O) groups excluding carboxylic acids is 2. The summed E-state index contributed by atoms with van der Waals surface area (Å²) in [6.07, 6.45) is 21.6. The fourth-order valence-electron chi connectivity index (χ4n) is 3.39. The summed E-state index contributed by atoms with van der Waals surface area (Å²) in [5.74, 6) is 0.329. The van der Waals surface area contributed by atoms with E-state index in [0.717, 1.165) is 12.2 Å². The highest BCUT2D eigenvalue weighted by atomic mass is 79.9. The van der Waals surface area contributed by atoms with Crippen LogP contribution in [0.3, 0.4) is 0 Å². The monoisotopic (exact) mass is 492 g/mol. The lowest BCUT2D eigenvalue weighted by molar-refractivity contribution is -0.152. The molecule has 0 rings (SSSR count). The number of ether oxygens (including phenoxy) is 1. The summed E-state index contributed by atoms with van der Waals surface area (Å²) < 4.78 is 4.76. The van der Waals surface area contributed by atoms with Gasteiger partial charge in [-0.15, -0.1) is 0 Å². The van der Waals surface area contributed by atoms with Gasteiger partial charge in [0.15, 0.2) is 0 Å². The first-order chi connectivity index (χ1) is 14.0. The van der Waals surface area contributed by atoms with Gasteiger partial charge in [0.2, 0.25) is 5.12 Å². The van der Waals surface area contributed by atoms with E-state index in [2.05, 4.69) is 22.9 Å². The quantitative estimate of drug-likeness (QED) is 0.0744. The molecular weight excluding hydrogens is 448 g/mol. The van der Waals surface area contributed by atoms with Crippen molar-refractivity contribution in [3.05, 3.63) is 0 Å². The number of hydrogen-bond donors (Lipinski definition) is 0. The van der Waals surface area contributed by atoms with E-state index in [1.54, 1.807) is 6.92 Å². The topological polar surface area (TPSA) is 43.4 Å². The molecule has 5 heteroatoms. The maximum atomic E-state index is 12.3. The maximum Gasteiger partial charge on any atom is 0.320 e. The first kappa shape index (κ1) is 29.0. The van der Waals surface area contributed by atoms with Gasteiger partial charge in [-0.3, -0.25) is 9.59 Å². The van der Waals surface area contributed by atoms with Crippen LogP contribution in [0.2, 0.25) is 0 Å². The Hall–Kier alpha value is -0.0300. The van der Waals surface area contributed by atoms with Crippen LogP contribution in [0.25, 0.3) is 0 Å². The Kier molecular flexibility index (Phi) is 19.9. The summed E-state index contributed by atoms with van der Waals surface area (Å²) in [5, 5.41) is 0.208. The molecule has 0 saturated heterocycles. The summed E-state index contributed by atoms with van der Waals surface area (Å²) in [6.45, 7) is 3.92. The molecule has 172 valence electrons. The van der Waals surface area contributed by atoms with Crippen LogP contribution in [-0.2, 0) is 14.3 Å². The normalized spacial score (nSPS) is 13.2. The van der Waals surface area contributed by atoms with Crippen LogP contribution < -0.4 is 0 Å². The van der Waals surface area contributed by atoms with E-state index in [-0.39, 0.29) is 5.12 Å². The molecule has 1 unspecified atom stereocenters. The summed E-state index contributed by atoms with van der Waals surface area (Å²) >= 11 is 4.54. The van der Waals surface area contributed by atoms with Crippen LogP contribution in [-0.4, -0.2) is 29.3 Å². The number of methoxy groups -OCH3 is 1. The summed E-state index contributed by atoms with van der Waals surface area (Å²) in [5.41, 5.74) is -1.07. The Morgan fingerprint density at radius 2 is 1.14 bits per heavy atom. The molecule has 0 aromatic rings. The number of carbonyl (C=O) groups is 2. The van der Waals surface area contributed by atoms with Crippen molar-refractivity contribution in [3.63, 3.8) is 0 Å². The molecule has 0 radical (unpaired) electrons. The number of rotatable bonds is 20. The SMILES string of the molecule is CCCCCCCCCCCCCCCCCCSC(=O)C(C)(CBr)C(=O)OC. The van der Waals surface area contributed by atoms with E-state index < -0.39 is 11.4 Å². The van der Waals surface area contributed by atoms with Crippen molar-refractivity contribution < 1.29 is 14.3 Å². The van der Waals surface area contributed by atoms with Crippen molar-refractivity contribution >= 4 is 38.8 Å². The average Bonchev–Trinajstić information content (AvgIpc) is 2.74. The average molecular weight is 494 g/mol. The molecule has 0 aromatic heterocycles. The molecule has 0 spiro atoms. The lowest BCUT2D eigenvalue weighted by Crippen LogP contribution is -2.37. The molecule has 0 aliphatic heterocycles. The zero-order chi connectivity index (χ0) is 21.8.